The van der Waals surface area contributed by atoms with Crippen LogP contribution in [0.3, 0.4) is 0 Å². The zero-order valence-electron chi connectivity index (χ0n) is 12.4. The van der Waals surface area contributed by atoms with Gasteiger partial charge in [0.05, 0.1) is 11.1 Å². The number of hydrogen-bond acceptors (Lipinski definition) is 3. The lowest BCUT2D eigenvalue weighted by molar-refractivity contribution is -0.128. The van der Waals surface area contributed by atoms with Crippen LogP contribution in [-0.2, 0) is 11.2 Å². The van der Waals surface area contributed by atoms with Crippen molar-refractivity contribution in [3.05, 3.63) is 28.2 Å². The van der Waals surface area contributed by atoms with Crippen LogP contribution in [0.15, 0.2) is 22.7 Å². The summed E-state index contributed by atoms with van der Waals surface area (Å²) in [6.45, 7) is 2.49. The molecule has 4 nitrogen and oxygen atoms in total. The number of carbonyl (C=O) groups excluding carboxylic acids is 1. The Balaban J connectivity index is 2.56. The Morgan fingerprint density at radius 2 is 2.15 bits per heavy atom. The molecule has 1 rings (SSSR count). The van der Waals surface area contributed by atoms with E-state index in [1.165, 1.54) is 0 Å². The van der Waals surface area contributed by atoms with Gasteiger partial charge in [-0.25, -0.2) is 0 Å². The van der Waals surface area contributed by atoms with E-state index >= 15 is 0 Å². The normalized spacial score (nSPS) is 12.1. The summed E-state index contributed by atoms with van der Waals surface area (Å²) < 4.78 is 6.75. The monoisotopic (exact) mass is 342 g/mol. The van der Waals surface area contributed by atoms with E-state index in [0.717, 1.165) is 22.2 Å². The van der Waals surface area contributed by atoms with Crippen molar-refractivity contribution >= 4 is 21.8 Å². The van der Waals surface area contributed by atoms with Gasteiger partial charge in [0.1, 0.15) is 5.75 Å². The number of para-hydroxylation sites is 1. The minimum atomic E-state index is 0.0852. The fourth-order valence-corrected chi connectivity index (χ4v) is 2.37. The Morgan fingerprint density at radius 3 is 2.75 bits per heavy atom. The zero-order valence-corrected chi connectivity index (χ0v) is 13.9. The van der Waals surface area contributed by atoms with E-state index < -0.39 is 0 Å². The van der Waals surface area contributed by atoms with Crippen LogP contribution in [0, 0.1) is 0 Å². The van der Waals surface area contributed by atoms with E-state index in [-0.39, 0.29) is 11.9 Å². The van der Waals surface area contributed by atoms with Crippen molar-refractivity contribution in [2.75, 3.05) is 20.7 Å². The third kappa shape index (κ3) is 5.51. The van der Waals surface area contributed by atoms with E-state index in [1.54, 1.807) is 19.0 Å². The minimum absolute atomic E-state index is 0.0852. The van der Waals surface area contributed by atoms with Gasteiger partial charge in [0.25, 0.3) is 0 Å². The van der Waals surface area contributed by atoms with Gasteiger partial charge in [0, 0.05) is 26.6 Å². The van der Waals surface area contributed by atoms with Crippen LogP contribution < -0.4 is 10.5 Å². The Kier molecular flexibility index (Phi) is 7.02. The number of amides is 1. The molecule has 112 valence electrons. The third-order valence-corrected chi connectivity index (χ3v) is 3.50. The lowest BCUT2D eigenvalue weighted by atomic mass is 10.1. The summed E-state index contributed by atoms with van der Waals surface area (Å²) in [5.74, 6) is 0.957. The molecule has 1 atom stereocenters. The average Bonchev–Trinajstić information content (AvgIpc) is 2.36. The van der Waals surface area contributed by atoms with E-state index in [9.17, 15) is 4.79 Å². The van der Waals surface area contributed by atoms with Crippen molar-refractivity contribution in [1.82, 2.24) is 4.90 Å². The zero-order chi connectivity index (χ0) is 15.1. The molecule has 2 N–H and O–H groups in total. The molecule has 0 radical (unpaired) electrons. The molecular weight excluding hydrogens is 320 g/mol. The third-order valence-electron chi connectivity index (χ3n) is 2.87. The maximum absolute atomic E-state index is 11.5. The Bertz CT molecular complexity index is 447. The van der Waals surface area contributed by atoms with Gasteiger partial charge in [-0.05, 0) is 47.3 Å². The molecule has 1 aromatic carbocycles. The predicted octanol–water partition coefficient (Wildman–Crippen LogP) is 2.59. The molecule has 1 unspecified atom stereocenters. The molecule has 0 saturated heterocycles. The highest BCUT2D eigenvalue weighted by atomic mass is 79.9. The summed E-state index contributed by atoms with van der Waals surface area (Å²) in [7, 11) is 3.52. The Labute approximate surface area is 129 Å². The number of benzene rings is 1. The molecule has 0 aromatic heterocycles. The first kappa shape index (κ1) is 17.0. The minimum Gasteiger partial charge on any atom is -0.492 e. The van der Waals surface area contributed by atoms with Crippen molar-refractivity contribution in [2.45, 2.75) is 32.2 Å². The molecule has 0 aliphatic heterocycles. The van der Waals surface area contributed by atoms with Crippen LogP contribution >= 0.6 is 15.9 Å². The van der Waals surface area contributed by atoms with Crippen LogP contribution in [0.4, 0.5) is 0 Å². The van der Waals surface area contributed by atoms with Gasteiger partial charge < -0.3 is 15.4 Å². The number of nitrogens with two attached hydrogens (primary N) is 1. The van der Waals surface area contributed by atoms with Crippen molar-refractivity contribution in [3.63, 3.8) is 0 Å². The molecule has 20 heavy (non-hydrogen) atoms. The number of ether oxygens (including phenoxy) is 1. The summed E-state index contributed by atoms with van der Waals surface area (Å²) >= 11 is 3.50. The molecule has 0 fully saturated rings. The quantitative estimate of drug-likeness (QED) is 0.775. The van der Waals surface area contributed by atoms with Crippen molar-refractivity contribution in [1.29, 1.82) is 0 Å². The highest BCUT2D eigenvalue weighted by Gasteiger charge is 2.10. The number of rotatable bonds is 7. The fourth-order valence-electron chi connectivity index (χ4n) is 1.84. The van der Waals surface area contributed by atoms with Gasteiger partial charge in [-0.15, -0.1) is 0 Å². The largest absolute Gasteiger partial charge is 0.492 e. The maximum atomic E-state index is 11.5. The lowest BCUT2D eigenvalue weighted by Crippen LogP contribution is -2.22. The van der Waals surface area contributed by atoms with Gasteiger partial charge in [0.15, 0.2) is 0 Å². The summed E-state index contributed by atoms with van der Waals surface area (Å²) in [5, 5.41) is 0. The van der Waals surface area contributed by atoms with E-state index in [4.69, 9.17) is 10.5 Å². The average molecular weight is 343 g/mol. The van der Waals surface area contributed by atoms with Crippen LogP contribution in [0.25, 0.3) is 0 Å². The number of halogens is 1. The summed E-state index contributed by atoms with van der Waals surface area (Å²) in [6, 6.07) is 6.03. The van der Waals surface area contributed by atoms with Crippen LogP contribution in [0.5, 0.6) is 5.75 Å². The van der Waals surface area contributed by atoms with Gasteiger partial charge in [-0.1, -0.05) is 12.1 Å². The second-order valence-electron chi connectivity index (χ2n) is 5.15. The molecule has 1 amide bonds. The molecule has 5 heteroatoms. The number of hydrogen-bond donors (Lipinski definition) is 1. The highest BCUT2D eigenvalue weighted by molar-refractivity contribution is 9.10. The number of nitrogens with zero attached hydrogens (tertiary/aromatic N) is 1. The smallest absolute Gasteiger partial charge is 0.222 e. The van der Waals surface area contributed by atoms with Crippen LogP contribution in [0.2, 0.25) is 0 Å². The molecule has 0 aliphatic rings. The summed E-state index contributed by atoms with van der Waals surface area (Å²) in [5.41, 5.74) is 6.94. The first-order chi connectivity index (χ1) is 9.41. The fraction of sp³-hybridized carbons (Fsp3) is 0.533. The van der Waals surface area contributed by atoms with Gasteiger partial charge in [0.2, 0.25) is 5.91 Å². The highest BCUT2D eigenvalue weighted by Crippen LogP contribution is 2.30. The topological polar surface area (TPSA) is 55.6 Å². The second kappa shape index (κ2) is 8.27. The van der Waals surface area contributed by atoms with E-state index in [2.05, 4.69) is 15.9 Å². The molecule has 1 aromatic rings. The first-order valence-corrected chi connectivity index (χ1v) is 7.57. The standard InChI is InChI=1S/C15H23BrN2O2/c1-11(17)10-12-6-4-7-13(16)15(12)20-9-5-8-14(19)18(2)3/h4,6-7,11H,5,8-10,17H2,1-3H3. The molecule has 0 heterocycles. The first-order valence-electron chi connectivity index (χ1n) is 6.77. The predicted molar refractivity (Wildman–Crippen MR) is 84.9 cm³/mol. The summed E-state index contributed by atoms with van der Waals surface area (Å²) in [4.78, 5) is 13.1. The van der Waals surface area contributed by atoms with Crippen LogP contribution in [-0.4, -0.2) is 37.6 Å². The van der Waals surface area contributed by atoms with Gasteiger partial charge in [-0.2, -0.15) is 0 Å². The van der Waals surface area contributed by atoms with Crippen LogP contribution in [0.1, 0.15) is 25.3 Å². The van der Waals surface area contributed by atoms with E-state index in [1.807, 2.05) is 25.1 Å². The van der Waals surface area contributed by atoms with Crippen molar-refractivity contribution in [2.24, 2.45) is 5.73 Å². The SMILES string of the molecule is CC(N)Cc1cccc(Br)c1OCCCC(=O)N(C)C. The Hall–Kier alpha value is -1.07. The lowest BCUT2D eigenvalue weighted by Gasteiger charge is -2.15. The second-order valence-corrected chi connectivity index (χ2v) is 6.00. The van der Waals surface area contributed by atoms with Crippen molar-refractivity contribution < 1.29 is 9.53 Å². The molecular formula is C15H23BrN2O2. The van der Waals surface area contributed by atoms with E-state index in [0.29, 0.717) is 19.4 Å². The van der Waals surface area contributed by atoms with Gasteiger partial charge >= 0.3 is 0 Å². The Morgan fingerprint density at radius 1 is 1.45 bits per heavy atom. The summed E-state index contributed by atoms with van der Waals surface area (Å²) in [6.07, 6.45) is 1.97. The van der Waals surface area contributed by atoms with Crippen molar-refractivity contribution in [3.8, 4) is 5.75 Å². The molecule has 0 aliphatic carbocycles. The van der Waals surface area contributed by atoms with Gasteiger partial charge in [-0.3, -0.25) is 4.79 Å². The molecule has 0 bridgehead atoms. The maximum Gasteiger partial charge on any atom is 0.222 e. The molecule has 0 saturated carbocycles. The number of carbonyl (C=O) groups is 1. The molecule has 0 spiro atoms.